The highest BCUT2D eigenvalue weighted by Crippen LogP contribution is 2.24. The van der Waals surface area contributed by atoms with Crippen LogP contribution in [0.5, 0.6) is 0 Å². The smallest absolute Gasteiger partial charge is 0.242 e. The Morgan fingerprint density at radius 2 is 1.64 bits per heavy atom. The Hall–Kier alpha value is -1.75. The van der Waals surface area contributed by atoms with Crippen molar-refractivity contribution < 1.29 is 9.59 Å². The minimum Gasteiger partial charge on any atom is -0.352 e. The molecule has 2 amide bonds. The molecule has 0 saturated carbocycles. The second-order valence-electron chi connectivity index (χ2n) is 6.88. The summed E-state index contributed by atoms with van der Waals surface area (Å²) in [5.41, 5.74) is 1.50. The number of carbonyl (C=O) groups excluding carboxylic acids is 2. The third kappa shape index (κ3) is 6.13. The highest BCUT2D eigenvalue weighted by Gasteiger charge is 2.27. The van der Waals surface area contributed by atoms with Crippen molar-refractivity contribution in [2.75, 3.05) is 0 Å². The molecule has 2 rings (SSSR count). The van der Waals surface area contributed by atoms with E-state index in [1.165, 1.54) is 4.90 Å². The second-order valence-corrected chi connectivity index (χ2v) is 8.10. The van der Waals surface area contributed by atoms with Crippen LogP contribution in [0.15, 0.2) is 42.5 Å². The fourth-order valence-corrected chi connectivity index (χ4v) is 3.25. The normalized spacial score (nSPS) is 12.0. The van der Waals surface area contributed by atoms with E-state index in [0.717, 1.165) is 5.56 Å². The molecule has 0 aliphatic heterocycles. The van der Waals surface area contributed by atoms with Crippen molar-refractivity contribution in [3.8, 4) is 0 Å². The molecule has 2 aromatic carbocycles. The summed E-state index contributed by atoms with van der Waals surface area (Å²) < 4.78 is 0. The van der Waals surface area contributed by atoms with Crippen molar-refractivity contribution in [3.05, 3.63) is 68.7 Å². The number of hydrogen-bond donors (Lipinski definition) is 1. The average Bonchev–Trinajstić information content (AvgIpc) is 2.63. The van der Waals surface area contributed by atoms with Gasteiger partial charge in [0.2, 0.25) is 11.8 Å². The zero-order valence-electron chi connectivity index (χ0n) is 16.0. The lowest BCUT2D eigenvalue weighted by Gasteiger charge is -2.29. The van der Waals surface area contributed by atoms with Crippen LogP contribution in [0.1, 0.15) is 31.9 Å². The van der Waals surface area contributed by atoms with Crippen LogP contribution in [-0.2, 0) is 22.6 Å². The Morgan fingerprint density at radius 1 is 0.964 bits per heavy atom. The largest absolute Gasteiger partial charge is 0.352 e. The first-order valence-corrected chi connectivity index (χ1v) is 10.1. The summed E-state index contributed by atoms with van der Waals surface area (Å²) in [4.78, 5) is 27.2. The lowest BCUT2D eigenvalue weighted by molar-refractivity contribution is -0.140. The van der Waals surface area contributed by atoms with Gasteiger partial charge in [-0.15, -0.1) is 0 Å². The van der Waals surface area contributed by atoms with E-state index < -0.39 is 6.04 Å². The van der Waals surface area contributed by atoms with Crippen molar-refractivity contribution in [2.24, 2.45) is 0 Å². The number of benzene rings is 2. The van der Waals surface area contributed by atoms with E-state index in [9.17, 15) is 9.59 Å². The third-order valence-electron chi connectivity index (χ3n) is 4.23. The lowest BCUT2D eigenvalue weighted by atomic mass is 10.1. The van der Waals surface area contributed by atoms with Crippen LogP contribution in [-0.4, -0.2) is 28.8 Å². The van der Waals surface area contributed by atoms with Crippen LogP contribution in [0.25, 0.3) is 0 Å². The minimum absolute atomic E-state index is 0.0274. The summed E-state index contributed by atoms with van der Waals surface area (Å²) >= 11 is 18.3. The van der Waals surface area contributed by atoms with Gasteiger partial charge < -0.3 is 10.2 Å². The molecule has 7 heteroatoms. The quantitative estimate of drug-likeness (QED) is 0.647. The number of nitrogens with one attached hydrogen (secondary N) is 1. The summed E-state index contributed by atoms with van der Waals surface area (Å²) in [6, 6.07) is 11.7. The van der Waals surface area contributed by atoms with Gasteiger partial charge in [-0.3, -0.25) is 9.59 Å². The number of amides is 2. The molecule has 0 heterocycles. The lowest BCUT2D eigenvalue weighted by Crippen LogP contribution is -2.49. The highest BCUT2D eigenvalue weighted by molar-refractivity contribution is 6.42. The fraction of sp³-hybridized carbons (Fsp3) is 0.333. The molecule has 0 aliphatic carbocycles. The molecule has 0 aromatic heterocycles. The van der Waals surface area contributed by atoms with Gasteiger partial charge in [-0.2, -0.15) is 0 Å². The Balaban J connectivity index is 2.28. The first-order valence-electron chi connectivity index (χ1n) is 8.96. The van der Waals surface area contributed by atoms with Crippen molar-refractivity contribution in [1.29, 1.82) is 0 Å². The molecule has 0 saturated heterocycles. The molecule has 0 radical (unpaired) electrons. The Labute approximate surface area is 180 Å². The Kier molecular flexibility index (Phi) is 8.17. The van der Waals surface area contributed by atoms with Gasteiger partial charge in [-0.1, -0.05) is 59.1 Å². The standard InChI is InChI=1S/C21H23Cl3N2O2/c1-13(2)25-21(28)14(3)26(12-15-8-9-18(23)19(24)10-15)20(27)11-16-6-4-5-7-17(16)22/h4-10,13-14H,11-12H2,1-3H3,(H,25,28)/t14-/m1/s1. The molecule has 0 bridgehead atoms. The molecular formula is C21H23Cl3N2O2. The second kappa shape index (κ2) is 10.1. The predicted octanol–water partition coefficient (Wildman–Crippen LogP) is 5.13. The summed E-state index contributed by atoms with van der Waals surface area (Å²) in [7, 11) is 0. The van der Waals surface area contributed by atoms with E-state index in [0.29, 0.717) is 20.6 Å². The van der Waals surface area contributed by atoms with Crippen LogP contribution < -0.4 is 5.32 Å². The molecule has 1 N–H and O–H groups in total. The van der Waals surface area contributed by atoms with Crippen molar-refractivity contribution >= 4 is 46.6 Å². The van der Waals surface area contributed by atoms with E-state index in [2.05, 4.69) is 5.32 Å². The first kappa shape index (κ1) is 22.5. The summed E-state index contributed by atoms with van der Waals surface area (Å²) in [5, 5.41) is 4.21. The zero-order valence-corrected chi connectivity index (χ0v) is 18.3. The van der Waals surface area contributed by atoms with Gasteiger partial charge in [0.25, 0.3) is 0 Å². The third-order valence-corrected chi connectivity index (χ3v) is 5.34. The van der Waals surface area contributed by atoms with Crippen LogP contribution in [0.4, 0.5) is 0 Å². The molecule has 2 aromatic rings. The average molecular weight is 442 g/mol. The molecule has 0 spiro atoms. The highest BCUT2D eigenvalue weighted by atomic mass is 35.5. The van der Waals surface area contributed by atoms with Gasteiger partial charge in [0.1, 0.15) is 6.04 Å². The minimum atomic E-state index is -0.660. The SMILES string of the molecule is CC(C)NC(=O)[C@@H](C)N(Cc1ccc(Cl)c(Cl)c1)C(=O)Cc1ccccc1Cl. The van der Waals surface area contributed by atoms with Crippen LogP contribution in [0.2, 0.25) is 15.1 Å². The maximum atomic E-state index is 13.1. The van der Waals surface area contributed by atoms with Crippen LogP contribution in [0.3, 0.4) is 0 Å². The number of hydrogen-bond acceptors (Lipinski definition) is 2. The van der Waals surface area contributed by atoms with E-state index in [4.69, 9.17) is 34.8 Å². The Bertz CT molecular complexity index is 855. The fourth-order valence-electron chi connectivity index (χ4n) is 2.73. The van der Waals surface area contributed by atoms with E-state index in [-0.39, 0.29) is 30.8 Å². The number of carbonyl (C=O) groups is 2. The van der Waals surface area contributed by atoms with Gasteiger partial charge >= 0.3 is 0 Å². The molecule has 28 heavy (non-hydrogen) atoms. The number of nitrogens with zero attached hydrogens (tertiary/aromatic N) is 1. The van der Waals surface area contributed by atoms with Crippen LogP contribution >= 0.6 is 34.8 Å². The molecule has 0 fully saturated rings. The number of rotatable bonds is 7. The van der Waals surface area contributed by atoms with Crippen molar-refractivity contribution in [3.63, 3.8) is 0 Å². The monoisotopic (exact) mass is 440 g/mol. The zero-order chi connectivity index (χ0) is 20.8. The molecule has 0 aliphatic rings. The maximum Gasteiger partial charge on any atom is 0.242 e. The molecular weight excluding hydrogens is 419 g/mol. The first-order chi connectivity index (χ1) is 13.2. The molecule has 1 atom stereocenters. The van der Waals surface area contributed by atoms with Gasteiger partial charge in [-0.25, -0.2) is 0 Å². The van der Waals surface area contributed by atoms with Crippen LogP contribution in [0, 0.1) is 0 Å². The van der Waals surface area contributed by atoms with Gasteiger partial charge in [0.15, 0.2) is 0 Å². The predicted molar refractivity (Wildman–Crippen MR) is 115 cm³/mol. The summed E-state index contributed by atoms with van der Waals surface area (Å²) in [6.07, 6.45) is 0.0975. The van der Waals surface area contributed by atoms with Crippen molar-refractivity contribution in [2.45, 2.75) is 45.8 Å². The molecule has 150 valence electrons. The molecule has 4 nitrogen and oxygen atoms in total. The van der Waals surface area contributed by atoms with E-state index in [1.807, 2.05) is 26.0 Å². The molecule has 0 unspecified atom stereocenters. The van der Waals surface area contributed by atoms with Gasteiger partial charge in [0.05, 0.1) is 16.5 Å². The maximum absolute atomic E-state index is 13.1. The summed E-state index contributed by atoms with van der Waals surface area (Å²) in [5.74, 6) is -0.423. The van der Waals surface area contributed by atoms with E-state index >= 15 is 0 Å². The summed E-state index contributed by atoms with van der Waals surface area (Å²) in [6.45, 7) is 5.69. The van der Waals surface area contributed by atoms with Gasteiger partial charge in [-0.05, 0) is 50.1 Å². The topological polar surface area (TPSA) is 49.4 Å². The van der Waals surface area contributed by atoms with Gasteiger partial charge in [0, 0.05) is 17.6 Å². The van der Waals surface area contributed by atoms with Crippen molar-refractivity contribution in [1.82, 2.24) is 10.2 Å². The van der Waals surface area contributed by atoms with E-state index in [1.54, 1.807) is 37.3 Å². The Morgan fingerprint density at radius 3 is 2.25 bits per heavy atom. The number of halogens is 3.